The summed E-state index contributed by atoms with van der Waals surface area (Å²) in [5.74, 6) is 1.04. The number of rotatable bonds is 6. The van der Waals surface area contributed by atoms with E-state index in [4.69, 9.17) is 9.52 Å². The zero-order valence-electron chi connectivity index (χ0n) is 17.5. The molecule has 2 aliphatic rings. The Balaban J connectivity index is 1.56. The van der Waals surface area contributed by atoms with Gasteiger partial charge in [0.1, 0.15) is 5.76 Å². The van der Waals surface area contributed by atoms with Crippen LogP contribution in [-0.2, 0) is 25.9 Å². The van der Waals surface area contributed by atoms with Gasteiger partial charge in [0.25, 0.3) is 5.91 Å². The zero-order chi connectivity index (χ0) is 20.4. The molecule has 7 nitrogen and oxygen atoms in total. The van der Waals surface area contributed by atoms with Gasteiger partial charge in [-0.05, 0) is 45.5 Å². The largest absolute Gasteiger partial charge is 0.468 e. The number of carbonyl (C=O) groups excluding carboxylic acids is 1. The summed E-state index contributed by atoms with van der Waals surface area (Å²) in [5.41, 5.74) is 2.96. The van der Waals surface area contributed by atoms with Gasteiger partial charge >= 0.3 is 0 Å². The second kappa shape index (κ2) is 8.55. The molecule has 0 N–H and O–H groups in total. The number of furan rings is 1. The normalized spacial score (nSPS) is 20.1. The van der Waals surface area contributed by atoms with Gasteiger partial charge in [0.15, 0.2) is 5.69 Å². The van der Waals surface area contributed by atoms with Crippen LogP contribution in [0, 0.1) is 0 Å². The summed E-state index contributed by atoms with van der Waals surface area (Å²) < 4.78 is 7.50. The smallest absolute Gasteiger partial charge is 0.274 e. The molecule has 1 aliphatic heterocycles. The molecule has 1 amide bonds. The minimum absolute atomic E-state index is 0.0755. The Morgan fingerprint density at radius 3 is 2.86 bits per heavy atom. The van der Waals surface area contributed by atoms with E-state index in [-0.39, 0.29) is 5.91 Å². The molecule has 0 spiro atoms. The molecule has 1 aliphatic carbocycles. The molecule has 1 saturated heterocycles. The van der Waals surface area contributed by atoms with Crippen LogP contribution in [-0.4, -0.2) is 76.7 Å². The van der Waals surface area contributed by atoms with Crippen LogP contribution in [0.1, 0.15) is 33.9 Å². The highest BCUT2D eigenvalue weighted by atomic mass is 16.3. The van der Waals surface area contributed by atoms with Crippen molar-refractivity contribution in [3.05, 3.63) is 53.8 Å². The fourth-order valence-electron chi connectivity index (χ4n) is 4.43. The summed E-state index contributed by atoms with van der Waals surface area (Å²) in [7, 11) is 4.23. The van der Waals surface area contributed by atoms with Gasteiger partial charge in [-0.1, -0.05) is 6.08 Å². The minimum atomic E-state index is 0.0755. The van der Waals surface area contributed by atoms with Gasteiger partial charge in [0, 0.05) is 43.5 Å². The van der Waals surface area contributed by atoms with Crippen LogP contribution >= 0.6 is 0 Å². The van der Waals surface area contributed by atoms with Crippen LogP contribution in [0.15, 0.2) is 35.5 Å². The van der Waals surface area contributed by atoms with Crippen molar-refractivity contribution in [2.24, 2.45) is 0 Å². The molecule has 1 unspecified atom stereocenters. The van der Waals surface area contributed by atoms with Crippen molar-refractivity contribution >= 4 is 5.91 Å². The Labute approximate surface area is 172 Å². The van der Waals surface area contributed by atoms with Gasteiger partial charge < -0.3 is 14.2 Å². The molecule has 0 radical (unpaired) electrons. The molecule has 2 aromatic heterocycles. The summed E-state index contributed by atoms with van der Waals surface area (Å²) in [5, 5.41) is 4.75. The molecule has 156 valence electrons. The lowest BCUT2D eigenvalue weighted by Gasteiger charge is -2.33. The van der Waals surface area contributed by atoms with Gasteiger partial charge in [-0.15, -0.1) is 6.58 Å². The van der Waals surface area contributed by atoms with E-state index in [1.807, 2.05) is 27.8 Å². The number of nitrogens with zero attached hydrogens (tertiary/aromatic N) is 5. The number of fused-ring (bicyclic) bond motifs is 1. The Bertz CT molecular complexity index is 849. The molecule has 0 bridgehead atoms. The summed E-state index contributed by atoms with van der Waals surface area (Å²) in [4.78, 5) is 19.9. The Morgan fingerprint density at radius 1 is 1.38 bits per heavy atom. The second-order valence-electron chi connectivity index (χ2n) is 8.23. The van der Waals surface area contributed by atoms with Gasteiger partial charge in [0.05, 0.1) is 19.4 Å². The lowest BCUT2D eigenvalue weighted by Crippen LogP contribution is -2.47. The van der Waals surface area contributed by atoms with E-state index in [0.717, 1.165) is 63.3 Å². The van der Waals surface area contributed by atoms with E-state index in [1.54, 1.807) is 6.26 Å². The van der Waals surface area contributed by atoms with E-state index in [0.29, 0.717) is 18.3 Å². The highest BCUT2D eigenvalue weighted by Gasteiger charge is 2.33. The molecule has 0 aromatic carbocycles. The van der Waals surface area contributed by atoms with E-state index in [2.05, 4.69) is 30.5 Å². The summed E-state index contributed by atoms with van der Waals surface area (Å²) in [6, 6.07) is 4.30. The van der Waals surface area contributed by atoms with Crippen molar-refractivity contribution in [1.29, 1.82) is 0 Å². The fraction of sp³-hybridized carbons (Fsp3) is 0.545. The predicted octanol–water partition coefficient (Wildman–Crippen LogP) is 2.04. The summed E-state index contributed by atoms with van der Waals surface area (Å²) >= 11 is 0. The SMILES string of the molecule is C=CCn1nc(C(=O)N2CCN(C)CC2)c2c1CCC(N(C)Cc1ccco1)C2. The highest BCUT2D eigenvalue weighted by molar-refractivity contribution is 5.94. The number of allylic oxidation sites excluding steroid dienone is 1. The van der Waals surface area contributed by atoms with Crippen LogP contribution in [0.5, 0.6) is 0 Å². The first kappa shape index (κ1) is 19.9. The van der Waals surface area contributed by atoms with Crippen LogP contribution in [0.2, 0.25) is 0 Å². The van der Waals surface area contributed by atoms with Gasteiger partial charge in [-0.3, -0.25) is 14.4 Å². The molecule has 4 rings (SSSR count). The maximum Gasteiger partial charge on any atom is 0.274 e. The van der Waals surface area contributed by atoms with E-state index >= 15 is 0 Å². The molecular formula is C22H31N5O2. The third-order valence-electron chi connectivity index (χ3n) is 6.22. The standard InChI is InChI=1S/C22H31N5O2/c1-4-9-27-20-8-7-17(25(3)16-18-6-5-14-29-18)15-19(20)21(23-27)22(28)26-12-10-24(2)11-13-26/h4-6,14,17H,1,7-13,15-16H2,2-3H3. The van der Waals surface area contributed by atoms with Crippen molar-refractivity contribution in [1.82, 2.24) is 24.5 Å². The highest BCUT2D eigenvalue weighted by Crippen LogP contribution is 2.29. The van der Waals surface area contributed by atoms with Crippen LogP contribution in [0.3, 0.4) is 0 Å². The average molecular weight is 398 g/mol. The average Bonchev–Trinajstić information content (AvgIpc) is 3.36. The van der Waals surface area contributed by atoms with Crippen molar-refractivity contribution in [3.8, 4) is 0 Å². The number of aromatic nitrogens is 2. The lowest BCUT2D eigenvalue weighted by atomic mass is 9.90. The lowest BCUT2D eigenvalue weighted by molar-refractivity contribution is 0.0655. The molecule has 7 heteroatoms. The van der Waals surface area contributed by atoms with Crippen molar-refractivity contribution < 1.29 is 9.21 Å². The van der Waals surface area contributed by atoms with Crippen LogP contribution < -0.4 is 0 Å². The van der Waals surface area contributed by atoms with Crippen LogP contribution in [0.4, 0.5) is 0 Å². The van der Waals surface area contributed by atoms with E-state index < -0.39 is 0 Å². The molecule has 0 saturated carbocycles. The van der Waals surface area contributed by atoms with Crippen molar-refractivity contribution in [2.75, 3.05) is 40.3 Å². The quantitative estimate of drug-likeness (QED) is 0.698. The number of piperazine rings is 1. The van der Waals surface area contributed by atoms with Gasteiger partial charge in [-0.2, -0.15) is 5.10 Å². The predicted molar refractivity (Wildman–Crippen MR) is 112 cm³/mol. The monoisotopic (exact) mass is 397 g/mol. The number of hydrogen-bond donors (Lipinski definition) is 0. The minimum Gasteiger partial charge on any atom is -0.468 e. The van der Waals surface area contributed by atoms with Crippen molar-refractivity contribution in [2.45, 2.75) is 38.4 Å². The zero-order valence-corrected chi connectivity index (χ0v) is 17.5. The van der Waals surface area contributed by atoms with Gasteiger partial charge in [0.2, 0.25) is 0 Å². The first-order valence-electron chi connectivity index (χ1n) is 10.5. The Morgan fingerprint density at radius 2 is 2.17 bits per heavy atom. The Kier molecular flexibility index (Phi) is 5.87. The first-order valence-corrected chi connectivity index (χ1v) is 10.5. The number of carbonyl (C=O) groups is 1. The number of hydrogen-bond acceptors (Lipinski definition) is 5. The molecule has 1 fully saturated rings. The molecule has 29 heavy (non-hydrogen) atoms. The summed E-state index contributed by atoms with van der Waals surface area (Å²) in [6.07, 6.45) is 6.40. The van der Waals surface area contributed by atoms with Crippen LogP contribution in [0.25, 0.3) is 0 Å². The Hall–Kier alpha value is -2.38. The van der Waals surface area contributed by atoms with Gasteiger partial charge in [-0.25, -0.2) is 0 Å². The van der Waals surface area contributed by atoms with Crippen molar-refractivity contribution in [3.63, 3.8) is 0 Å². The molecule has 1 atom stereocenters. The second-order valence-corrected chi connectivity index (χ2v) is 8.23. The van der Waals surface area contributed by atoms with E-state index in [9.17, 15) is 4.79 Å². The third kappa shape index (κ3) is 4.16. The fourth-order valence-corrected chi connectivity index (χ4v) is 4.43. The molecular weight excluding hydrogens is 366 g/mol. The molecule has 3 heterocycles. The number of amides is 1. The third-order valence-corrected chi connectivity index (χ3v) is 6.22. The maximum atomic E-state index is 13.3. The molecule has 2 aromatic rings. The first-order chi connectivity index (χ1) is 14.1. The summed E-state index contributed by atoms with van der Waals surface area (Å²) in [6.45, 7) is 8.63. The maximum absolute atomic E-state index is 13.3. The van der Waals surface area contributed by atoms with E-state index in [1.165, 1.54) is 5.69 Å². The topological polar surface area (TPSA) is 57.8 Å². The number of likely N-dealkylation sites (N-methyl/N-ethyl adjacent to an activating group) is 2.